The van der Waals surface area contributed by atoms with Crippen molar-refractivity contribution >= 4 is 17.3 Å². The second kappa shape index (κ2) is 10.0. The Hall–Kier alpha value is -2.48. The molecule has 0 amide bonds. The van der Waals surface area contributed by atoms with Gasteiger partial charge in [0.25, 0.3) is 0 Å². The summed E-state index contributed by atoms with van der Waals surface area (Å²) in [4.78, 5) is 10.5. The molecule has 0 spiro atoms. The highest BCUT2D eigenvalue weighted by Crippen LogP contribution is 2.34. The van der Waals surface area contributed by atoms with Crippen LogP contribution >= 0.6 is 11.3 Å². The molecule has 2 N–H and O–H groups in total. The molecule has 7 nitrogen and oxygen atoms in total. The quantitative estimate of drug-likeness (QED) is 0.531. The normalized spacial score (nSPS) is 11.3. The maximum Gasteiger partial charge on any atom is 0.191 e. The number of aromatic nitrogens is 1. The van der Waals surface area contributed by atoms with Crippen molar-refractivity contribution in [3.8, 4) is 17.2 Å². The monoisotopic (exact) mass is 392 g/mol. The van der Waals surface area contributed by atoms with Gasteiger partial charge < -0.3 is 24.8 Å². The maximum atomic E-state index is 5.47. The van der Waals surface area contributed by atoms with Crippen LogP contribution in [0.25, 0.3) is 0 Å². The summed E-state index contributed by atoms with van der Waals surface area (Å²) in [6.07, 6.45) is 0. The second-order valence-corrected chi connectivity index (χ2v) is 7.10. The number of aryl methyl sites for hydroxylation is 2. The van der Waals surface area contributed by atoms with Crippen molar-refractivity contribution in [1.29, 1.82) is 0 Å². The van der Waals surface area contributed by atoms with Gasteiger partial charge >= 0.3 is 0 Å². The zero-order valence-electron chi connectivity index (χ0n) is 16.8. The number of benzene rings is 1. The van der Waals surface area contributed by atoms with Gasteiger partial charge in [-0.05, 0) is 26.8 Å². The van der Waals surface area contributed by atoms with Crippen LogP contribution in [0.1, 0.15) is 28.1 Å². The average Bonchev–Trinajstić information content (AvgIpc) is 3.00. The first-order chi connectivity index (χ1) is 13.0. The SMILES string of the molecule is CCNC(=NCc1cc(OC)c(OC)cc1OC)NCc1nc(C)c(C)s1. The molecule has 0 radical (unpaired) electrons. The Morgan fingerprint density at radius 3 is 2.26 bits per heavy atom. The van der Waals surface area contributed by atoms with Crippen molar-refractivity contribution in [2.45, 2.75) is 33.9 Å². The summed E-state index contributed by atoms with van der Waals surface area (Å²) in [5, 5.41) is 7.62. The lowest BCUT2D eigenvalue weighted by atomic mass is 10.1. The standard InChI is InChI=1S/C19H28N4O3S/c1-7-20-19(22-11-18-23-12(2)13(3)27-18)21-10-14-8-16(25-5)17(26-6)9-15(14)24-4/h8-9H,7,10-11H2,1-6H3,(H2,20,21,22). The van der Waals surface area contributed by atoms with Crippen molar-refractivity contribution in [2.24, 2.45) is 4.99 Å². The molecule has 0 aliphatic carbocycles. The first-order valence-corrected chi connectivity index (χ1v) is 9.57. The van der Waals surface area contributed by atoms with Crippen LogP contribution in [0.3, 0.4) is 0 Å². The number of nitrogens with one attached hydrogen (secondary N) is 2. The molecule has 0 fully saturated rings. The third-order valence-corrected chi connectivity index (χ3v) is 5.09. The number of aliphatic imine (C=N–C) groups is 1. The summed E-state index contributed by atoms with van der Waals surface area (Å²) >= 11 is 1.70. The largest absolute Gasteiger partial charge is 0.496 e. The molecule has 1 aromatic heterocycles. The topological polar surface area (TPSA) is 77.0 Å². The van der Waals surface area contributed by atoms with E-state index in [9.17, 15) is 0 Å². The van der Waals surface area contributed by atoms with Crippen molar-refractivity contribution in [1.82, 2.24) is 15.6 Å². The van der Waals surface area contributed by atoms with Gasteiger partial charge in [-0.1, -0.05) is 0 Å². The Morgan fingerprint density at radius 2 is 1.70 bits per heavy atom. The lowest BCUT2D eigenvalue weighted by molar-refractivity contribution is 0.347. The van der Waals surface area contributed by atoms with Gasteiger partial charge in [-0.3, -0.25) is 0 Å². The highest BCUT2D eigenvalue weighted by atomic mass is 32.1. The molecule has 0 saturated heterocycles. The van der Waals surface area contributed by atoms with E-state index in [4.69, 9.17) is 14.2 Å². The fraction of sp³-hybridized carbons (Fsp3) is 0.474. The van der Waals surface area contributed by atoms with Crippen LogP contribution in [0.15, 0.2) is 17.1 Å². The number of rotatable bonds is 8. The fourth-order valence-electron chi connectivity index (χ4n) is 2.50. The minimum Gasteiger partial charge on any atom is -0.496 e. The Morgan fingerprint density at radius 1 is 1.04 bits per heavy atom. The molecular formula is C19H28N4O3S. The van der Waals surface area contributed by atoms with Gasteiger partial charge in [0.1, 0.15) is 10.8 Å². The van der Waals surface area contributed by atoms with Crippen LogP contribution < -0.4 is 24.8 Å². The predicted molar refractivity (Wildman–Crippen MR) is 109 cm³/mol. The molecule has 8 heteroatoms. The van der Waals surface area contributed by atoms with Crippen molar-refractivity contribution in [2.75, 3.05) is 27.9 Å². The summed E-state index contributed by atoms with van der Waals surface area (Å²) < 4.78 is 16.2. The van der Waals surface area contributed by atoms with E-state index in [0.717, 1.165) is 28.8 Å². The van der Waals surface area contributed by atoms with Crippen LogP contribution in [0.4, 0.5) is 0 Å². The molecule has 2 aromatic rings. The van der Waals surface area contributed by atoms with Gasteiger partial charge in [-0.15, -0.1) is 11.3 Å². The van der Waals surface area contributed by atoms with E-state index in [0.29, 0.717) is 30.3 Å². The Balaban J connectivity index is 2.15. The number of hydrogen-bond donors (Lipinski definition) is 2. The molecule has 0 bridgehead atoms. The number of nitrogens with zero attached hydrogens (tertiary/aromatic N) is 2. The van der Waals surface area contributed by atoms with E-state index in [1.54, 1.807) is 32.7 Å². The minimum absolute atomic E-state index is 0.439. The van der Waals surface area contributed by atoms with Crippen molar-refractivity contribution < 1.29 is 14.2 Å². The smallest absolute Gasteiger partial charge is 0.191 e. The zero-order chi connectivity index (χ0) is 19.8. The van der Waals surface area contributed by atoms with Crippen molar-refractivity contribution in [3.63, 3.8) is 0 Å². The summed E-state index contributed by atoms with van der Waals surface area (Å²) in [5.41, 5.74) is 1.99. The van der Waals surface area contributed by atoms with Gasteiger partial charge in [0.15, 0.2) is 17.5 Å². The second-order valence-electron chi connectivity index (χ2n) is 5.82. The lowest BCUT2D eigenvalue weighted by Crippen LogP contribution is -2.36. The van der Waals surface area contributed by atoms with Gasteiger partial charge in [-0.25, -0.2) is 9.98 Å². The van der Waals surface area contributed by atoms with E-state index in [-0.39, 0.29) is 0 Å². The van der Waals surface area contributed by atoms with E-state index in [2.05, 4.69) is 27.5 Å². The number of guanidine groups is 1. The van der Waals surface area contributed by atoms with Crippen LogP contribution in [0, 0.1) is 13.8 Å². The molecule has 0 aliphatic rings. The molecule has 0 aliphatic heterocycles. The number of ether oxygens (including phenoxy) is 3. The van der Waals surface area contributed by atoms with Crippen LogP contribution in [0.2, 0.25) is 0 Å². The molecule has 148 valence electrons. The van der Waals surface area contributed by atoms with Crippen molar-refractivity contribution in [3.05, 3.63) is 33.3 Å². The fourth-order valence-corrected chi connectivity index (χ4v) is 3.37. The van der Waals surface area contributed by atoms with E-state index in [1.165, 1.54) is 4.88 Å². The zero-order valence-corrected chi connectivity index (χ0v) is 17.6. The third kappa shape index (κ3) is 5.50. The van der Waals surface area contributed by atoms with Gasteiger partial charge in [0.2, 0.25) is 0 Å². The van der Waals surface area contributed by atoms with Gasteiger partial charge in [0, 0.05) is 23.1 Å². The minimum atomic E-state index is 0.439. The number of hydrogen-bond acceptors (Lipinski definition) is 6. The molecule has 2 rings (SSSR count). The summed E-state index contributed by atoms with van der Waals surface area (Å²) in [7, 11) is 4.84. The summed E-state index contributed by atoms with van der Waals surface area (Å²) in [6, 6.07) is 3.70. The van der Waals surface area contributed by atoms with Crippen LogP contribution in [-0.2, 0) is 13.1 Å². The van der Waals surface area contributed by atoms with Crippen LogP contribution in [0.5, 0.6) is 17.2 Å². The lowest BCUT2D eigenvalue weighted by Gasteiger charge is -2.14. The molecule has 0 atom stereocenters. The highest BCUT2D eigenvalue weighted by Gasteiger charge is 2.12. The number of methoxy groups -OCH3 is 3. The Bertz CT molecular complexity index is 770. The van der Waals surface area contributed by atoms with E-state index >= 15 is 0 Å². The molecule has 1 aromatic carbocycles. The first kappa shape index (κ1) is 20.8. The van der Waals surface area contributed by atoms with Crippen LogP contribution in [-0.4, -0.2) is 38.8 Å². The van der Waals surface area contributed by atoms with Gasteiger partial charge in [-0.2, -0.15) is 0 Å². The summed E-state index contributed by atoms with van der Waals surface area (Å²) in [5.74, 6) is 2.70. The first-order valence-electron chi connectivity index (χ1n) is 8.76. The molecular weight excluding hydrogens is 364 g/mol. The summed E-state index contributed by atoms with van der Waals surface area (Å²) in [6.45, 7) is 7.98. The average molecular weight is 393 g/mol. The Labute approximate surface area is 164 Å². The van der Waals surface area contributed by atoms with E-state index < -0.39 is 0 Å². The molecule has 1 heterocycles. The predicted octanol–water partition coefficient (Wildman–Crippen LogP) is 3.04. The third-order valence-electron chi connectivity index (χ3n) is 4.02. The number of thiazole rings is 1. The van der Waals surface area contributed by atoms with Gasteiger partial charge in [0.05, 0.1) is 40.1 Å². The maximum absolute atomic E-state index is 5.47. The molecule has 0 unspecified atom stereocenters. The molecule has 0 saturated carbocycles. The van der Waals surface area contributed by atoms with E-state index in [1.807, 2.05) is 26.0 Å². The highest BCUT2D eigenvalue weighted by molar-refractivity contribution is 7.11. The Kier molecular flexibility index (Phi) is 7.72. The molecule has 27 heavy (non-hydrogen) atoms.